The molecule has 1 aromatic carbocycles. The van der Waals surface area contributed by atoms with E-state index in [1.807, 2.05) is 0 Å². The van der Waals surface area contributed by atoms with E-state index in [2.05, 4.69) is 37.5 Å². The van der Waals surface area contributed by atoms with Gasteiger partial charge in [0.2, 0.25) is 0 Å². The highest BCUT2D eigenvalue weighted by Gasteiger charge is 2.54. The zero-order valence-electron chi connectivity index (χ0n) is 11.4. The van der Waals surface area contributed by atoms with Gasteiger partial charge in [0, 0.05) is 6.04 Å². The summed E-state index contributed by atoms with van der Waals surface area (Å²) in [5, 5.41) is 0. The van der Waals surface area contributed by atoms with E-state index >= 15 is 0 Å². The predicted molar refractivity (Wildman–Crippen MR) is 74.9 cm³/mol. The van der Waals surface area contributed by atoms with Crippen LogP contribution >= 0.6 is 0 Å². The highest BCUT2D eigenvalue weighted by molar-refractivity contribution is 5.33. The molecule has 98 valence electrons. The van der Waals surface area contributed by atoms with Crippen molar-refractivity contribution in [3.8, 4) is 0 Å². The molecular formula is C16H24N2. The average molecular weight is 244 g/mol. The minimum absolute atomic E-state index is 0.359. The minimum atomic E-state index is 0.359. The first kappa shape index (κ1) is 12.2. The zero-order chi connectivity index (χ0) is 12.7. The Bertz CT molecular complexity index is 429. The molecule has 18 heavy (non-hydrogen) atoms. The van der Waals surface area contributed by atoms with Crippen molar-refractivity contribution in [1.29, 1.82) is 0 Å². The summed E-state index contributed by atoms with van der Waals surface area (Å²) in [4.78, 5) is 0. The maximum Gasteiger partial charge on any atom is 0.0493 e. The molecule has 0 saturated heterocycles. The Morgan fingerprint density at radius 1 is 1.11 bits per heavy atom. The molecule has 0 aromatic heterocycles. The molecule has 1 aromatic rings. The van der Waals surface area contributed by atoms with E-state index < -0.39 is 0 Å². The summed E-state index contributed by atoms with van der Waals surface area (Å²) in [7, 11) is 0. The molecule has 2 aliphatic rings. The first-order valence-electron chi connectivity index (χ1n) is 7.25. The Morgan fingerprint density at radius 3 is 2.33 bits per heavy atom. The maximum absolute atomic E-state index is 5.84. The van der Waals surface area contributed by atoms with Crippen LogP contribution in [0.4, 0.5) is 0 Å². The Hall–Kier alpha value is -0.860. The van der Waals surface area contributed by atoms with Gasteiger partial charge in [-0.1, -0.05) is 31.0 Å². The lowest BCUT2D eigenvalue weighted by atomic mass is 9.97. The molecule has 2 fully saturated rings. The molecule has 0 aliphatic heterocycles. The molecule has 0 heterocycles. The number of hydrogen-bond donors (Lipinski definition) is 2. The van der Waals surface area contributed by atoms with Crippen molar-refractivity contribution < 1.29 is 0 Å². The molecule has 2 saturated carbocycles. The normalized spacial score (nSPS) is 31.8. The van der Waals surface area contributed by atoms with Gasteiger partial charge in [0.1, 0.15) is 0 Å². The van der Waals surface area contributed by atoms with Gasteiger partial charge < -0.3 is 0 Å². The largest absolute Gasteiger partial charge is 0.271 e. The second kappa shape index (κ2) is 4.67. The quantitative estimate of drug-likeness (QED) is 0.633. The molecular weight excluding hydrogens is 220 g/mol. The van der Waals surface area contributed by atoms with Crippen molar-refractivity contribution in [3.05, 3.63) is 34.9 Å². The molecule has 0 amide bonds. The van der Waals surface area contributed by atoms with Crippen molar-refractivity contribution in [2.24, 2.45) is 23.6 Å². The van der Waals surface area contributed by atoms with Gasteiger partial charge in [-0.2, -0.15) is 0 Å². The fraction of sp³-hybridized carbons (Fsp3) is 0.625. The highest BCUT2D eigenvalue weighted by atomic mass is 15.2. The van der Waals surface area contributed by atoms with E-state index in [4.69, 9.17) is 5.84 Å². The Kier molecular flexibility index (Phi) is 3.16. The van der Waals surface area contributed by atoms with E-state index in [1.54, 1.807) is 0 Å². The Morgan fingerprint density at radius 2 is 1.78 bits per heavy atom. The monoisotopic (exact) mass is 244 g/mol. The molecule has 3 rings (SSSR count). The summed E-state index contributed by atoms with van der Waals surface area (Å²) in [5.41, 5.74) is 7.19. The average Bonchev–Trinajstić information content (AvgIpc) is 3.09. The van der Waals surface area contributed by atoms with Gasteiger partial charge in [0.25, 0.3) is 0 Å². The molecule has 0 spiro atoms. The summed E-state index contributed by atoms with van der Waals surface area (Å²) in [6.45, 7) is 4.35. The van der Waals surface area contributed by atoms with Gasteiger partial charge in [-0.25, -0.2) is 0 Å². The fourth-order valence-electron chi connectivity index (χ4n) is 3.93. The van der Waals surface area contributed by atoms with Crippen LogP contribution in [0.15, 0.2) is 18.2 Å². The lowest BCUT2D eigenvalue weighted by Crippen LogP contribution is -2.30. The van der Waals surface area contributed by atoms with Crippen LogP contribution in [0.25, 0.3) is 0 Å². The Labute approximate surface area is 110 Å². The van der Waals surface area contributed by atoms with Crippen LogP contribution in [-0.2, 0) is 0 Å². The SMILES string of the molecule is Cc1ccc(C(NN)C2C3CCCCC32)cc1C. The van der Waals surface area contributed by atoms with E-state index in [0.717, 1.165) is 17.8 Å². The summed E-state index contributed by atoms with van der Waals surface area (Å²) in [6, 6.07) is 7.14. The van der Waals surface area contributed by atoms with Crippen molar-refractivity contribution in [2.45, 2.75) is 45.6 Å². The third-order valence-electron chi connectivity index (χ3n) is 5.18. The predicted octanol–water partition coefficient (Wildman–Crippen LogP) is 3.24. The van der Waals surface area contributed by atoms with Gasteiger partial charge in [0.05, 0.1) is 0 Å². The van der Waals surface area contributed by atoms with Crippen LogP contribution < -0.4 is 11.3 Å². The Balaban J connectivity index is 1.82. The van der Waals surface area contributed by atoms with Gasteiger partial charge in [-0.05, 0) is 61.1 Å². The first-order valence-corrected chi connectivity index (χ1v) is 7.25. The van der Waals surface area contributed by atoms with Gasteiger partial charge in [0.15, 0.2) is 0 Å². The number of benzene rings is 1. The molecule has 3 N–H and O–H groups in total. The smallest absolute Gasteiger partial charge is 0.0493 e. The number of hydrazine groups is 1. The fourth-order valence-corrected chi connectivity index (χ4v) is 3.93. The lowest BCUT2D eigenvalue weighted by Gasteiger charge is -2.18. The number of hydrogen-bond acceptors (Lipinski definition) is 2. The summed E-state index contributed by atoms with van der Waals surface area (Å²) in [6.07, 6.45) is 5.67. The van der Waals surface area contributed by atoms with E-state index in [-0.39, 0.29) is 0 Å². The van der Waals surface area contributed by atoms with Crippen molar-refractivity contribution in [1.82, 2.24) is 5.43 Å². The zero-order valence-corrected chi connectivity index (χ0v) is 11.4. The van der Waals surface area contributed by atoms with E-state index in [9.17, 15) is 0 Å². The van der Waals surface area contributed by atoms with Crippen molar-refractivity contribution in [3.63, 3.8) is 0 Å². The molecule has 2 aliphatic carbocycles. The number of nitrogens with two attached hydrogens (primary N) is 1. The van der Waals surface area contributed by atoms with E-state index in [0.29, 0.717) is 6.04 Å². The molecule has 0 radical (unpaired) electrons. The minimum Gasteiger partial charge on any atom is -0.271 e. The van der Waals surface area contributed by atoms with Crippen LogP contribution in [0.2, 0.25) is 0 Å². The lowest BCUT2D eigenvalue weighted by molar-refractivity contribution is 0.456. The number of nitrogens with one attached hydrogen (secondary N) is 1. The maximum atomic E-state index is 5.84. The van der Waals surface area contributed by atoms with Crippen LogP contribution in [0.3, 0.4) is 0 Å². The van der Waals surface area contributed by atoms with Gasteiger partial charge in [-0.15, -0.1) is 0 Å². The first-order chi connectivity index (χ1) is 8.72. The van der Waals surface area contributed by atoms with Crippen molar-refractivity contribution >= 4 is 0 Å². The third kappa shape index (κ3) is 1.98. The molecule has 0 bridgehead atoms. The summed E-state index contributed by atoms with van der Waals surface area (Å²) in [5.74, 6) is 8.48. The van der Waals surface area contributed by atoms with Gasteiger partial charge in [-0.3, -0.25) is 11.3 Å². The van der Waals surface area contributed by atoms with Crippen LogP contribution in [0, 0.1) is 31.6 Å². The second-order valence-electron chi connectivity index (χ2n) is 6.18. The number of aryl methyl sites for hydroxylation is 2. The van der Waals surface area contributed by atoms with Crippen LogP contribution in [-0.4, -0.2) is 0 Å². The van der Waals surface area contributed by atoms with Crippen LogP contribution in [0.5, 0.6) is 0 Å². The third-order valence-corrected chi connectivity index (χ3v) is 5.18. The van der Waals surface area contributed by atoms with E-state index in [1.165, 1.54) is 42.4 Å². The molecule has 3 atom stereocenters. The summed E-state index contributed by atoms with van der Waals surface area (Å²) >= 11 is 0. The molecule has 2 heteroatoms. The highest BCUT2D eigenvalue weighted by Crippen LogP contribution is 2.60. The van der Waals surface area contributed by atoms with Crippen molar-refractivity contribution in [2.75, 3.05) is 0 Å². The second-order valence-corrected chi connectivity index (χ2v) is 6.18. The summed E-state index contributed by atoms with van der Waals surface area (Å²) < 4.78 is 0. The van der Waals surface area contributed by atoms with Crippen LogP contribution in [0.1, 0.15) is 48.4 Å². The topological polar surface area (TPSA) is 38.0 Å². The van der Waals surface area contributed by atoms with Gasteiger partial charge >= 0.3 is 0 Å². The molecule has 3 unspecified atom stereocenters. The number of rotatable bonds is 3. The molecule has 2 nitrogen and oxygen atoms in total. The standard InChI is InChI=1S/C16H24N2/c1-10-7-8-12(9-11(10)2)16(18-17)15-13-5-3-4-6-14(13)15/h7-9,13-16,18H,3-6,17H2,1-2H3. The number of fused-ring (bicyclic) bond motifs is 1.